The molecule has 3 nitrogen and oxygen atoms in total. The van der Waals surface area contributed by atoms with E-state index in [0.717, 1.165) is 29.0 Å². The van der Waals surface area contributed by atoms with Gasteiger partial charge in [0.05, 0.1) is 10.2 Å². The van der Waals surface area contributed by atoms with Crippen LogP contribution in [-0.4, -0.2) is 14.4 Å². The lowest BCUT2D eigenvalue weighted by Crippen LogP contribution is -2.12. The van der Waals surface area contributed by atoms with Crippen LogP contribution in [0.3, 0.4) is 0 Å². The summed E-state index contributed by atoms with van der Waals surface area (Å²) in [4.78, 5) is 8.88. The van der Waals surface area contributed by atoms with Crippen molar-refractivity contribution >= 4 is 21.7 Å². The van der Waals surface area contributed by atoms with Crippen molar-refractivity contribution < 1.29 is 0 Å². The van der Waals surface area contributed by atoms with Gasteiger partial charge in [-0.25, -0.2) is 9.97 Å². The molecule has 1 aliphatic rings. The molecule has 78 valence electrons. The molecule has 15 heavy (non-hydrogen) atoms. The minimum Gasteiger partial charge on any atom is -0.287 e. The SMILES string of the molecule is CC1CCc2nc3ncc(Br)cn3c2C1. The Morgan fingerprint density at radius 3 is 3.27 bits per heavy atom. The maximum Gasteiger partial charge on any atom is 0.234 e. The number of hydrogen-bond acceptors (Lipinski definition) is 2. The van der Waals surface area contributed by atoms with Crippen molar-refractivity contribution in [1.29, 1.82) is 0 Å². The van der Waals surface area contributed by atoms with Crippen LogP contribution in [-0.2, 0) is 12.8 Å². The van der Waals surface area contributed by atoms with Crippen molar-refractivity contribution in [3.63, 3.8) is 0 Å². The highest BCUT2D eigenvalue weighted by molar-refractivity contribution is 9.10. The molecule has 2 heterocycles. The molecule has 0 fully saturated rings. The number of aromatic nitrogens is 3. The lowest BCUT2D eigenvalue weighted by molar-refractivity contribution is 0.488. The Labute approximate surface area is 96.7 Å². The first-order valence-corrected chi connectivity index (χ1v) is 6.04. The highest BCUT2D eigenvalue weighted by Crippen LogP contribution is 2.26. The van der Waals surface area contributed by atoms with E-state index in [1.165, 1.54) is 17.8 Å². The van der Waals surface area contributed by atoms with E-state index in [2.05, 4.69) is 43.4 Å². The number of hydrogen-bond donors (Lipinski definition) is 0. The molecule has 0 N–H and O–H groups in total. The van der Waals surface area contributed by atoms with Gasteiger partial charge in [-0.1, -0.05) is 6.92 Å². The van der Waals surface area contributed by atoms with Gasteiger partial charge in [0.2, 0.25) is 5.78 Å². The minimum absolute atomic E-state index is 0.761. The van der Waals surface area contributed by atoms with Crippen LogP contribution in [0.2, 0.25) is 0 Å². The molecule has 2 aromatic rings. The van der Waals surface area contributed by atoms with Gasteiger partial charge in [0.15, 0.2) is 0 Å². The fraction of sp³-hybridized carbons (Fsp3) is 0.455. The fourth-order valence-electron chi connectivity index (χ4n) is 2.23. The van der Waals surface area contributed by atoms with Crippen molar-refractivity contribution in [2.45, 2.75) is 26.2 Å². The summed E-state index contributed by atoms with van der Waals surface area (Å²) >= 11 is 3.45. The molecule has 0 radical (unpaired) electrons. The number of fused-ring (bicyclic) bond motifs is 3. The third-order valence-electron chi connectivity index (χ3n) is 3.05. The van der Waals surface area contributed by atoms with Crippen molar-refractivity contribution in [2.75, 3.05) is 0 Å². The normalized spacial score (nSPS) is 20.5. The predicted octanol–water partition coefficient (Wildman–Crippen LogP) is 2.62. The van der Waals surface area contributed by atoms with Gasteiger partial charge in [0, 0.05) is 18.1 Å². The van der Waals surface area contributed by atoms with Crippen LogP contribution in [0.1, 0.15) is 24.7 Å². The smallest absolute Gasteiger partial charge is 0.234 e. The van der Waals surface area contributed by atoms with Crippen LogP contribution in [0.5, 0.6) is 0 Å². The molecule has 2 aromatic heterocycles. The number of nitrogens with zero attached hydrogens (tertiary/aromatic N) is 3. The maximum absolute atomic E-state index is 4.56. The molecule has 1 atom stereocenters. The molecule has 1 unspecified atom stereocenters. The second kappa shape index (κ2) is 3.30. The molecule has 0 aromatic carbocycles. The van der Waals surface area contributed by atoms with Crippen LogP contribution in [0.15, 0.2) is 16.9 Å². The lowest BCUT2D eigenvalue weighted by Gasteiger charge is -2.17. The second-order valence-corrected chi connectivity index (χ2v) is 5.21. The summed E-state index contributed by atoms with van der Waals surface area (Å²) in [5, 5.41) is 0. The Hall–Kier alpha value is -0.900. The molecule has 0 bridgehead atoms. The first-order chi connectivity index (χ1) is 7.24. The van der Waals surface area contributed by atoms with E-state index < -0.39 is 0 Å². The fourth-order valence-corrected chi connectivity index (χ4v) is 2.54. The molecule has 0 saturated carbocycles. The molecule has 0 saturated heterocycles. The van der Waals surface area contributed by atoms with Crippen molar-refractivity contribution in [3.05, 3.63) is 28.3 Å². The number of halogens is 1. The van der Waals surface area contributed by atoms with Crippen molar-refractivity contribution in [2.24, 2.45) is 5.92 Å². The monoisotopic (exact) mass is 265 g/mol. The highest BCUT2D eigenvalue weighted by atomic mass is 79.9. The average molecular weight is 266 g/mol. The molecule has 1 aliphatic carbocycles. The second-order valence-electron chi connectivity index (χ2n) is 4.30. The van der Waals surface area contributed by atoms with E-state index in [4.69, 9.17) is 0 Å². The Kier molecular flexibility index (Phi) is 2.06. The topological polar surface area (TPSA) is 30.2 Å². The quantitative estimate of drug-likeness (QED) is 0.733. The van der Waals surface area contributed by atoms with Crippen LogP contribution >= 0.6 is 15.9 Å². The zero-order valence-corrected chi connectivity index (χ0v) is 10.2. The minimum atomic E-state index is 0.761. The Morgan fingerprint density at radius 2 is 2.40 bits per heavy atom. The van der Waals surface area contributed by atoms with Gasteiger partial charge in [0.1, 0.15) is 0 Å². The molecule has 0 spiro atoms. The van der Waals surface area contributed by atoms with Crippen LogP contribution in [0, 0.1) is 5.92 Å². The Morgan fingerprint density at radius 1 is 1.53 bits per heavy atom. The van der Waals surface area contributed by atoms with Gasteiger partial charge >= 0.3 is 0 Å². The Bertz CT molecular complexity index is 518. The molecular formula is C11H12BrN3. The third-order valence-corrected chi connectivity index (χ3v) is 3.46. The molecule has 3 rings (SSSR count). The summed E-state index contributed by atoms with van der Waals surface area (Å²) in [5.41, 5.74) is 2.58. The van der Waals surface area contributed by atoms with Gasteiger partial charge in [-0.2, -0.15) is 0 Å². The van der Waals surface area contributed by atoms with E-state index in [1.54, 1.807) is 6.20 Å². The molecule has 0 amide bonds. The summed E-state index contributed by atoms with van der Waals surface area (Å²) in [7, 11) is 0. The maximum atomic E-state index is 4.56. The molecular weight excluding hydrogens is 254 g/mol. The highest BCUT2D eigenvalue weighted by Gasteiger charge is 2.20. The summed E-state index contributed by atoms with van der Waals surface area (Å²) in [6.07, 6.45) is 7.33. The zero-order valence-electron chi connectivity index (χ0n) is 8.57. The van der Waals surface area contributed by atoms with E-state index >= 15 is 0 Å². The number of rotatable bonds is 0. The largest absolute Gasteiger partial charge is 0.287 e. The van der Waals surface area contributed by atoms with Crippen LogP contribution in [0.25, 0.3) is 5.78 Å². The summed E-state index contributed by atoms with van der Waals surface area (Å²) in [5.74, 6) is 1.59. The van der Waals surface area contributed by atoms with Gasteiger partial charge in [-0.15, -0.1) is 0 Å². The summed E-state index contributed by atoms with van der Waals surface area (Å²) in [6, 6.07) is 0. The van der Waals surface area contributed by atoms with E-state index in [1.807, 2.05) is 0 Å². The van der Waals surface area contributed by atoms with Crippen LogP contribution < -0.4 is 0 Å². The number of aryl methyl sites for hydroxylation is 1. The molecule has 4 heteroatoms. The standard InChI is InChI=1S/C11H12BrN3/c1-7-2-3-9-10(4-7)15-6-8(12)5-13-11(15)14-9/h5-7H,2-4H2,1H3. The summed E-state index contributed by atoms with van der Waals surface area (Å²) < 4.78 is 3.13. The predicted molar refractivity (Wildman–Crippen MR) is 61.9 cm³/mol. The summed E-state index contributed by atoms with van der Waals surface area (Å²) in [6.45, 7) is 2.30. The van der Waals surface area contributed by atoms with Gasteiger partial charge in [-0.3, -0.25) is 4.40 Å². The first-order valence-electron chi connectivity index (χ1n) is 5.25. The van der Waals surface area contributed by atoms with Crippen molar-refractivity contribution in [1.82, 2.24) is 14.4 Å². The average Bonchev–Trinajstić information content (AvgIpc) is 2.56. The molecule has 0 aliphatic heterocycles. The number of imidazole rings is 1. The van der Waals surface area contributed by atoms with Crippen molar-refractivity contribution in [3.8, 4) is 0 Å². The van der Waals surface area contributed by atoms with Gasteiger partial charge in [-0.05, 0) is 41.1 Å². The van der Waals surface area contributed by atoms with Crippen LogP contribution in [0.4, 0.5) is 0 Å². The zero-order chi connectivity index (χ0) is 10.4. The lowest BCUT2D eigenvalue weighted by atomic mass is 9.91. The van der Waals surface area contributed by atoms with Gasteiger partial charge < -0.3 is 0 Å². The van der Waals surface area contributed by atoms with E-state index in [9.17, 15) is 0 Å². The Balaban J connectivity index is 2.25. The van der Waals surface area contributed by atoms with E-state index in [0.29, 0.717) is 0 Å². The third kappa shape index (κ3) is 1.47. The van der Waals surface area contributed by atoms with E-state index in [-0.39, 0.29) is 0 Å². The first kappa shape index (κ1) is 9.33. The van der Waals surface area contributed by atoms with Gasteiger partial charge in [0.25, 0.3) is 0 Å².